The van der Waals surface area contributed by atoms with Gasteiger partial charge in [0.15, 0.2) is 0 Å². The second-order valence-corrected chi connectivity index (χ2v) is 5.49. The van der Waals surface area contributed by atoms with E-state index < -0.39 is 5.97 Å². The molecule has 1 aliphatic carbocycles. The maximum Gasteiger partial charge on any atom is 0.331 e. The van der Waals surface area contributed by atoms with Crippen LogP contribution in [0.4, 0.5) is 0 Å². The molecule has 0 radical (unpaired) electrons. The average molecular weight is 258 g/mol. The maximum atomic E-state index is 10.8. The fourth-order valence-corrected chi connectivity index (χ4v) is 2.79. The first-order valence-corrected chi connectivity index (χ1v) is 7.18. The van der Waals surface area contributed by atoms with Crippen LogP contribution >= 0.6 is 0 Å². The Balaban J connectivity index is 2.09. The smallest absolute Gasteiger partial charge is 0.331 e. The Kier molecular flexibility index (Phi) is 4.78. The van der Waals surface area contributed by atoms with E-state index >= 15 is 0 Å². The highest BCUT2D eigenvalue weighted by atomic mass is 16.4. The third-order valence-electron chi connectivity index (χ3n) is 3.98. The van der Waals surface area contributed by atoms with E-state index in [1.54, 1.807) is 13.0 Å². The van der Waals surface area contributed by atoms with E-state index in [1.807, 2.05) is 12.1 Å². The third kappa shape index (κ3) is 3.95. The van der Waals surface area contributed by atoms with Gasteiger partial charge in [0.05, 0.1) is 0 Å². The summed E-state index contributed by atoms with van der Waals surface area (Å²) in [5, 5.41) is 8.86. The number of rotatable bonds is 3. The van der Waals surface area contributed by atoms with Crippen LogP contribution in [0.3, 0.4) is 0 Å². The van der Waals surface area contributed by atoms with E-state index in [0.717, 1.165) is 5.56 Å². The molecule has 2 nitrogen and oxygen atoms in total. The number of aliphatic carboxylic acids is 1. The van der Waals surface area contributed by atoms with Gasteiger partial charge in [-0.2, -0.15) is 0 Å². The summed E-state index contributed by atoms with van der Waals surface area (Å²) in [5.41, 5.74) is 2.76. The highest BCUT2D eigenvalue weighted by molar-refractivity contribution is 5.91. The molecule has 0 spiro atoms. The van der Waals surface area contributed by atoms with Crippen LogP contribution in [0.25, 0.3) is 6.08 Å². The largest absolute Gasteiger partial charge is 0.478 e. The first kappa shape index (κ1) is 13.9. The quantitative estimate of drug-likeness (QED) is 0.635. The van der Waals surface area contributed by atoms with Gasteiger partial charge in [0, 0.05) is 5.57 Å². The molecule has 1 aromatic rings. The molecule has 1 aromatic carbocycles. The van der Waals surface area contributed by atoms with Crippen molar-refractivity contribution in [1.29, 1.82) is 0 Å². The van der Waals surface area contributed by atoms with Gasteiger partial charge < -0.3 is 5.11 Å². The minimum atomic E-state index is -0.854. The van der Waals surface area contributed by atoms with Crippen LogP contribution in [0.15, 0.2) is 29.8 Å². The predicted molar refractivity (Wildman–Crippen MR) is 78.2 cm³/mol. The Labute approximate surface area is 115 Å². The SMILES string of the molecule is C/C(=C\c1ccc(C2CCCCCC2)cc1)C(=O)O. The lowest BCUT2D eigenvalue weighted by Crippen LogP contribution is -1.97. The molecule has 0 heterocycles. The number of benzene rings is 1. The van der Waals surface area contributed by atoms with Gasteiger partial charge in [0.25, 0.3) is 0 Å². The molecule has 0 aromatic heterocycles. The molecule has 2 rings (SSSR count). The summed E-state index contributed by atoms with van der Waals surface area (Å²) in [6, 6.07) is 8.40. The molecular weight excluding hydrogens is 236 g/mol. The normalized spacial score (nSPS) is 18.1. The summed E-state index contributed by atoms with van der Waals surface area (Å²) in [7, 11) is 0. The Hall–Kier alpha value is -1.57. The topological polar surface area (TPSA) is 37.3 Å². The van der Waals surface area contributed by atoms with Crippen molar-refractivity contribution in [1.82, 2.24) is 0 Å². The average Bonchev–Trinajstić information content (AvgIpc) is 2.68. The molecule has 1 saturated carbocycles. The van der Waals surface area contributed by atoms with E-state index in [0.29, 0.717) is 11.5 Å². The van der Waals surface area contributed by atoms with Crippen LogP contribution in [0.2, 0.25) is 0 Å². The first-order valence-electron chi connectivity index (χ1n) is 7.18. The maximum absolute atomic E-state index is 10.8. The minimum Gasteiger partial charge on any atom is -0.478 e. The van der Waals surface area contributed by atoms with E-state index in [-0.39, 0.29) is 0 Å². The fourth-order valence-electron chi connectivity index (χ4n) is 2.79. The van der Waals surface area contributed by atoms with Crippen molar-refractivity contribution in [2.45, 2.75) is 51.4 Å². The van der Waals surface area contributed by atoms with Crippen molar-refractivity contribution in [3.8, 4) is 0 Å². The molecule has 102 valence electrons. The van der Waals surface area contributed by atoms with E-state index in [4.69, 9.17) is 5.11 Å². The van der Waals surface area contributed by atoms with Gasteiger partial charge in [0.1, 0.15) is 0 Å². The molecule has 0 atom stereocenters. The molecule has 1 aliphatic rings. The fraction of sp³-hybridized carbons (Fsp3) is 0.471. The van der Waals surface area contributed by atoms with Gasteiger partial charge in [-0.1, -0.05) is 49.9 Å². The van der Waals surface area contributed by atoms with Crippen molar-refractivity contribution in [3.63, 3.8) is 0 Å². The summed E-state index contributed by atoms with van der Waals surface area (Å²) in [5.74, 6) is -0.158. The highest BCUT2D eigenvalue weighted by Crippen LogP contribution is 2.31. The van der Waals surface area contributed by atoms with E-state index in [2.05, 4.69) is 12.1 Å². The van der Waals surface area contributed by atoms with Gasteiger partial charge in [-0.3, -0.25) is 0 Å². The van der Waals surface area contributed by atoms with Crippen LogP contribution in [0, 0.1) is 0 Å². The zero-order valence-electron chi connectivity index (χ0n) is 11.6. The standard InChI is InChI=1S/C17H22O2/c1-13(17(18)19)12-14-8-10-16(11-9-14)15-6-4-2-3-5-7-15/h8-12,15H,2-7H2,1H3,(H,18,19)/b13-12+. The Bertz CT molecular complexity index is 449. The molecule has 1 fully saturated rings. The van der Waals surface area contributed by atoms with Gasteiger partial charge in [-0.25, -0.2) is 4.79 Å². The lowest BCUT2D eigenvalue weighted by Gasteiger charge is -2.14. The second-order valence-electron chi connectivity index (χ2n) is 5.49. The third-order valence-corrected chi connectivity index (χ3v) is 3.98. The lowest BCUT2D eigenvalue weighted by atomic mass is 9.91. The van der Waals surface area contributed by atoms with Crippen molar-refractivity contribution < 1.29 is 9.90 Å². The van der Waals surface area contributed by atoms with E-state index in [1.165, 1.54) is 44.1 Å². The number of carboxylic acid groups (broad SMARTS) is 1. The summed E-state index contributed by atoms with van der Waals surface area (Å²) in [4.78, 5) is 10.8. The molecule has 1 N–H and O–H groups in total. The van der Waals surface area contributed by atoms with Crippen LogP contribution < -0.4 is 0 Å². The molecular formula is C17H22O2. The van der Waals surface area contributed by atoms with Gasteiger partial charge in [-0.05, 0) is 42.9 Å². The molecule has 0 bridgehead atoms. The Morgan fingerprint density at radius 2 is 1.68 bits per heavy atom. The summed E-state index contributed by atoms with van der Waals surface area (Å²) in [6.45, 7) is 1.63. The van der Waals surface area contributed by atoms with E-state index in [9.17, 15) is 4.79 Å². The predicted octanol–water partition coefficient (Wildman–Crippen LogP) is 4.61. The minimum absolute atomic E-state index is 0.377. The van der Waals surface area contributed by atoms with Gasteiger partial charge >= 0.3 is 5.97 Å². The highest BCUT2D eigenvalue weighted by Gasteiger charge is 2.13. The summed E-state index contributed by atoms with van der Waals surface area (Å²) >= 11 is 0. The van der Waals surface area contributed by atoms with Crippen LogP contribution in [0.1, 0.15) is 62.5 Å². The monoisotopic (exact) mass is 258 g/mol. The molecule has 2 heteroatoms. The number of carbonyl (C=O) groups is 1. The van der Waals surface area contributed by atoms with Crippen molar-refractivity contribution in [2.75, 3.05) is 0 Å². The van der Waals surface area contributed by atoms with Gasteiger partial charge in [-0.15, -0.1) is 0 Å². The lowest BCUT2D eigenvalue weighted by molar-refractivity contribution is -0.132. The summed E-state index contributed by atoms with van der Waals surface area (Å²) in [6.07, 6.45) is 9.73. The Morgan fingerprint density at radius 3 is 2.21 bits per heavy atom. The van der Waals surface area contributed by atoms with Crippen molar-refractivity contribution in [3.05, 3.63) is 41.0 Å². The zero-order chi connectivity index (χ0) is 13.7. The first-order chi connectivity index (χ1) is 9.16. The van der Waals surface area contributed by atoms with Crippen LogP contribution in [-0.4, -0.2) is 11.1 Å². The molecule has 0 amide bonds. The zero-order valence-corrected chi connectivity index (χ0v) is 11.6. The van der Waals surface area contributed by atoms with Crippen molar-refractivity contribution in [2.24, 2.45) is 0 Å². The van der Waals surface area contributed by atoms with Gasteiger partial charge in [0.2, 0.25) is 0 Å². The Morgan fingerprint density at radius 1 is 1.11 bits per heavy atom. The molecule has 0 unspecified atom stereocenters. The van der Waals surface area contributed by atoms with Crippen molar-refractivity contribution >= 4 is 12.0 Å². The second kappa shape index (κ2) is 6.55. The molecule has 0 saturated heterocycles. The van der Waals surface area contributed by atoms with Crippen LogP contribution in [-0.2, 0) is 4.79 Å². The number of carboxylic acids is 1. The number of hydrogen-bond donors (Lipinski definition) is 1. The van der Waals surface area contributed by atoms with Crippen LogP contribution in [0.5, 0.6) is 0 Å². The molecule has 19 heavy (non-hydrogen) atoms. The number of hydrogen-bond acceptors (Lipinski definition) is 1. The molecule has 0 aliphatic heterocycles. The summed E-state index contributed by atoms with van der Waals surface area (Å²) < 4.78 is 0.